The van der Waals surface area contributed by atoms with Gasteiger partial charge < -0.3 is 15.2 Å². The van der Waals surface area contributed by atoms with Crippen LogP contribution in [-0.4, -0.2) is 43.7 Å². The Balaban J connectivity index is 0.00000280. The van der Waals surface area contributed by atoms with E-state index in [-0.39, 0.29) is 25.0 Å². The van der Waals surface area contributed by atoms with Gasteiger partial charge in [-0.1, -0.05) is 42.5 Å². The molecule has 5 nitrogen and oxygen atoms in total. The van der Waals surface area contributed by atoms with Crippen LogP contribution >= 0.6 is 12.4 Å². The van der Waals surface area contributed by atoms with Crippen molar-refractivity contribution in [2.45, 2.75) is 19.4 Å². The molecule has 6 heteroatoms. The summed E-state index contributed by atoms with van der Waals surface area (Å²) < 4.78 is 10.3. The third-order valence-electron chi connectivity index (χ3n) is 5.04. The van der Waals surface area contributed by atoms with Crippen LogP contribution in [0, 0.1) is 5.92 Å². The molecule has 0 aliphatic carbocycles. The Hall–Kier alpha value is -2.08. The summed E-state index contributed by atoms with van der Waals surface area (Å²) >= 11 is 0. The maximum atomic E-state index is 11.4. The highest BCUT2D eigenvalue weighted by Gasteiger charge is 2.32. The van der Waals surface area contributed by atoms with Gasteiger partial charge in [-0.3, -0.25) is 4.90 Å². The molecule has 0 saturated carbocycles. The first kappa shape index (κ1) is 22.2. The van der Waals surface area contributed by atoms with E-state index in [4.69, 9.17) is 15.2 Å². The standard InChI is InChI=1S/C22H28N2O3.ClH/c1-2-26-22(25)16-27-20-10-8-17(9-11-20)13-24-14-19(12-23)21(15-24)18-6-4-3-5-7-18;/h3-11,19,21H,2,12-16,23H2,1H3;1H/t19-,21+;/m1./s1. The van der Waals surface area contributed by atoms with Gasteiger partial charge in [0.2, 0.25) is 0 Å². The van der Waals surface area contributed by atoms with Gasteiger partial charge in [-0.2, -0.15) is 0 Å². The predicted molar refractivity (Wildman–Crippen MR) is 113 cm³/mol. The fourth-order valence-electron chi connectivity index (χ4n) is 3.70. The summed E-state index contributed by atoms with van der Waals surface area (Å²) in [6.07, 6.45) is 0. The zero-order valence-corrected chi connectivity index (χ0v) is 17.1. The molecular formula is C22H29ClN2O3. The highest BCUT2D eigenvalue weighted by molar-refractivity contribution is 5.85. The average molecular weight is 405 g/mol. The van der Waals surface area contributed by atoms with Crippen LogP contribution in [0.25, 0.3) is 0 Å². The lowest BCUT2D eigenvalue weighted by molar-refractivity contribution is -0.145. The van der Waals surface area contributed by atoms with Gasteiger partial charge in [-0.05, 0) is 42.6 Å². The summed E-state index contributed by atoms with van der Waals surface area (Å²) in [5.74, 6) is 1.30. The predicted octanol–water partition coefficient (Wildman–Crippen LogP) is 3.22. The molecule has 3 rings (SSSR count). The Labute approximate surface area is 173 Å². The Morgan fingerprint density at radius 3 is 2.46 bits per heavy atom. The molecule has 0 aromatic heterocycles. The molecule has 2 aromatic carbocycles. The molecular weight excluding hydrogens is 376 g/mol. The number of esters is 1. The fraction of sp³-hybridized carbons (Fsp3) is 0.409. The Bertz CT molecular complexity index is 724. The van der Waals surface area contributed by atoms with Crippen LogP contribution in [0.15, 0.2) is 54.6 Å². The van der Waals surface area contributed by atoms with Crippen LogP contribution < -0.4 is 10.5 Å². The molecule has 1 fully saturated rings. The lowest BCUT2D eigenvalue weighted by Gasteiger charge is -2.17. The minimum atomic E-state index is -0.349. The van der Waals surface area contributed by atoms with Crippen LogP contribution in [0.3, 0.4) is 0 Å². The van der Waals surface area contributed by atoms with Gasteiger partial charge in [-0.25, -0.2) is 4.79 Å². The topological polar surface area (TPSA) is 64.8 Å². The van der Waals surface area contributed by atoms with E-state index in [2.05, 4.69) is 35.2 Å². The summed E-state index contributed by atoms with van der Waals surface area (Å²) in [6, 6.07) is 18.6. The summed E-state index contributed by atoms with van der Waals surface area (Å²) in [5.41, 5.74) is 8.63. The van der Waals surface area contributed by atoms with E-state index in [9.17, 15) is 4.79 Å². The van der Waals surface area contributed by atoms with Crippen LogP contribution in [0.5, 0.6) is 5.75 Å². The lowest BCUT2D eigenvalue weighted by Crippen LogP contribution is -2.23. The van der Waals surface area contributed by atoms with Crippen molar-refractivity contribution in [3.05, 3.63) is 65.7 Å². The Morgan fingerprint density at radius 1 is 1.11 bits per heavy atom. The first-order valence-electron chi connectivity index (χ1n) is 9.54. The maximum Gasteiger partial charge on any atom is 0.344 e. The van der Waals surface area contributed by atoms with Gasteiger partial charge in [0.15, 0.2) is 6.61 Å². The molecule has 1 heterocycles. The number of nitrogens with two attached hydrogens (primary N) is 1. The molecule has 0 amide bonds. The van der Waals surface area contributed by atoms with Gasteiger partial charge >= 0.3 is 5.97 Å². The zero-order chi connectivity index (χ0) is 19.1. The first-order valence-corrected chi connectivity index (χ1v) is 9.54. The monoisotopic (exact) mass is 404 g/mol. The number of hydrogen-bond acceptors (Lipinski definition) is 5. The first-order chi connectivity index (χ1) is 13.2. The molecule has 1 aliphatic heterocycles. The molecule has 152 valence electrons. The highest BCUT2D eigenvalue weighted by Crippen LogP contribution is 2.32. The molecule has 2 aromatic rings. The summed E-state index contributed by atoms with van der Waals surface area (Å²) in [6.45, 7) is 5.71. The third-order valence-corrected chi connectivity index (χ3v) is 5.04. The van der Waals surface area contributed by atoms with Crippen molar-refractivity contribution in [2.24, 2.45) is 11.7 Å². The highest BCUT2D eigenvalue weighted by atomic mass is 35.5. The van der Waals surface area contributed by atoms with E-state index < -0.39 is 0 Å². The number of likely N-dealkylation sites (tertiary alicyclic amines) is 1. The molecule has 0 bridgehead atoms. The average Bonchev–Trinajstić information content (AvgIpc) is 3.11. The van der Waals surface area contributed by atoms with Gasteiger partial charge in [0.1, 0.15) is 5.75 Å². The quantitative estimate of drug-likeness (QED) is 0.684. The van der Waals surface area contributed by atoms with E-state index >= 15 is 0 Å². The second-order valence-corrected chi connectivity index (χ2v) is 6.94. The maximum absolute atomic E-state index is 11.4. The zero-order valence-electron chi connectivity index (χ0n) is 16.3. The van der Waals surface area contributed by atoms with Gasteiger partial charge in [0.25, 0.3) is 0 Å². The minimum absolute atomic E-state index is 0. The number of halogens is 1. The largest absolute Gasteiger partial charge is 0.482 e. The summed E-state index contributed by atoms with van der Waals surface area (Å²) in [5, 5.41) is 0. The number of hydrogen-bond donors (Lipinski definition) is 1. The van der Waals surface area contributed by atoms with Crippen LogP contribution in [0.1, 0.15) is 24.0 Å². The molecule has 1 aliphatic rings. The second kappa shape index (κ2) is 11.1. The van der Waals surface area contributed by atoms with Gasteiger partial charge in [0, 0.05) is 25.6 Å². The molecule has 2 N–H and O–H groups in total. The molecule has 0 unspecified atom stereocenters. The van der Waals surface area contributed by atoms with Crippen LogP contribution in [0.4, 0.5) is 0 Å². The van der Waals surface area contributed by atoms with E-state index in [1.165, 1.54) is 11.1 Å². The van der Waals surface area contributed by atoms with Crippen molar-refractivity contribution in [1.29, 1.82) is 0 Å². The molecule has 28 heavy (non-hydrogen) atoms. The molecule has 1 saturated heterocycles. The van der Waals surface area contributed by atoms with Crippen LogP contribution in [0.2, 0.25) is 0 Å². The summed E-state index contributed by atoms with van der Waals surface area (Å²) in [4.78, 5) is 13.8. The van der Waals surface area contributed by atoms with Crippen molar-refractivity contribution < 1.29 is 14.3 Å². The van der Waals surface area contributed by atoms with Gasteiger partial charge in [0.05, 0.1) is 6.61 Å². The van der Waals surface area contributed by atoms with Gasteiger partial charge in [-0.15, -0.1) is 12.4 Å². The number of rotatable bonds is 8. The molecule has 0 spiro atoms. The second-order valence-electron chi connectivity index (χ2n) is 6.94. The normalized spacial score (nSPS) is 19.1. The Morgan fingerprint density at radius 2 is 1.82 bits per heavy atom. The molecule has 0 radical (unpaired) electrons. The van der Waals surface area contributed by atoms with Crippen molar-refractivity contribution in [2.75, 3.05) is 32.8 Å². The SMILES string of the molecule is CCOC(=O)COc1ccc(CN2C[C@@H](CN)[C@H](c3ccccc3)C2)cc1.Cl. The number of nitrogens with zero attached hydrogens (tertiary/aromatic N) is 1. The number of carbonyl (C=O) groups is 1. The lowest BCUT2D eigenvalue weighted by atomic mass is 9.89. The van der Waals surface area contributed by atoms with E-state index in [0.717, 1.165) is 19.6 Å². The minimum Gasteiger partial charge on any atom is -0.482 e. The van der Waals surface area contributed by atoms with Crippen molar-refractivity contribution in [3.8, 4) is 5.75 Å². The number of carbonyl (C=O) groups excluding carboxylic acids is 1. The Kier molecular flexibility index (Phi) is 8.77. The fourth-order valence-corrected chi connectivity index (χ4v) is 3.70. The van der Waals surface area contributed by atoms with Crippen molar-refractivity contribution in [3.63, 3.8) is 0 Å². The summed E-state index contributed by atoms with van der Waals surface area (Å²) in [7, 11) is 0. The van der Waals surface area contributed by atoms with E-state index in [1.54, 1.807) is 6.92 Å². The van der Waals surface area contributed by atoms with Crippen molar-refractivity contribution >= 4 is 18.4 Å². The van der Waals surface area contributed by atoms with Crippen molar-refractivity contribution in [1.82, 2.24) is 4.90 Å². The number of ether oxygens (including phenoxy) is 2. The smallest absolute Gasteiger partial charge is 0.344 e. The van der Waals surface area contributed by atoms with E-state index in [1.807, 2.05) is 24.3 Å². The van der Waals surface area contributed by atoms with Crippen LogP contribution in [-0.2, 0) is 16.1 Å². The van der Waals surface area contributed by atoms with E-state index in [0.29, 0.717) is 30.7 Å². The molecule has 2 atom stereocenters. The third kappa shape index (κ3) is 5.96. The number of benzene rings is 2.